The van der Waals surface area contributed by atoms with Crippen molar-refractivity contribution in [1.82, 2.24) is 4.98 Å². The van der Waals surface area contributed by atoms with E-state index in [1.54, 1.807) is 0 Å². The molecule has 0 aliphatic carbocycles. The molecular formula is C13H17N. The third-order valence-corrected chi connectivity index (χ3v) is 2.54. The van der Waals surface area contributed by atoms with E-state index >= 15 is 0 Å². The third kappa shape index (κ3) is 2.32. The van der Waals surface area contributed by atoms with E-state index in [4.69, 9.17) is 0 Å². The Balaban J connectivity index is 3.15. The number of allylic oxidation sites excluding steroid dienone is 2. The highest BCUT2D eigenvalue weighted by Gasteiger charge is 1.99. The molecule has 1 rings (SSSR count). The summed E-state index contributed by atoms with van der Waals surface area (Å²) in [4.78, 5) is 4.24. The maximum Gasteiger partial charge on any atom is 0.0407 e. The molecule has 0 radical (unpaired) electrons. The van der Waals surface area contributed by atoms with Gasteiger partial charge in [-0.15, -0.1) is 0 Å². The molecule has 0 atom stereocenters. The molecule has 74 valence electrons. The van der Waals surface area contributed by atoms with Crippen molar-refractivity contribution in [3.8, 4) is 0 Å². The lowest BCUT2D eigenvalue weighted by Crippen LogP contribution is -1.90. The van der Waals surface area contributed by atoms with Gasteiger partial charge in [-0.25, -0.2) is 0 Å². The lowest BCUT2D eigenvalue weighted by Gasteiger charge is -2.05. The fraction of sp³-hybridized carbons (Fsp3) is 0.308. The van der Waals surface area contributed by atoms with Gasteiger partial charge in [-0.1, -0.05) is 18.2 Å². The minimum atomic E-state index is 1.09. The Morgan fingerprint density at radius 2 is 2.00 bits per heavy atom. The molecule has 0 aromatic carbocycles. The molecule has 0 amide bonds. The summed E-state index contributed by atoms with van der Waals surface area (Å²) in [5, 5.41) is 0. The Morgan fingerprint density at radius 1 is 1.36 bits per heavy atom. The van der Waals surface area contributed by atoms with Gasteiger partial charge in [0.15, 0.2) is 0 Å². The first-order valence-electron chi connectivity index (χ1n) is 4.78. The highest BCUT2D eigenvalue weighted by Crippen LogP contribution is 2.16. The lowest BCUT2D eigenvalue weighted by molar-refractivity contribution is 1.14. The van der Waals surface area contributed by atoms with Crippen molar-refractivity contribution in [3.05, 3.63) is 46.8 Å². The number of hydrogen-bond acceptors (Lipinski definition) is 1. The summed E-state index contributed by atoms with van der Waals surface area (Å²) in [6, 6.07) is 2.04. The predicted octanol–water partition coefficient (Wildman–Crippen LogP) is 3.68. The molecule has 0 spiro atoms. The molecule has 1 aromatic rings. The predicted molar refractivity (Wildman–Crippen MR) is 62.2 cm³/mol. The van der Waals surface area contributed by atoms with E-state index in [1.165, 1.54) is 16.7 Å². The molecule has 0 aliphatic rings. The van der Waals surface area contributed by atoms with Gasteiger partial charge in [0.05, 0.1) is 0 Å². The summed E-state index contributed by atoms with van der Waals surface area (Å²) >= 11 is 0. The van der Waals surface area contributed by atoms with E-state index in [9.17, 15) is 0 Å². The number of pyridine rings is 1. The van der Waals surface area contributed by atoms with Crippen LogP contribution in [0.2, 0.25) is 0 Å². The number of aromatic nitrogens is 1. The van der Waals surface area contributed by atoms with Gasteiger partial charge in [-0.05, 0) is 50.5 Å². The summed E-state index contributed by atoms with van der Waals surface area (Å²) in [5.74, 6) is 0. The van der Waals surface area contributed by atoms with Crippen LogP contribution in [0.5, 0.6) is 0 Å². The average molecular weight is 187 g/mol. The first kappa shape index (κ1) is 10.7. The highest BCUT2D eigenvalue weighted by atomic mass is 14.7. The van der Waals surface area contributed by atoms with Crippen molar-refractivity contribution in [2.24, 2.45) is 0 Å². The van der Waals surface area contributed by atoms with E-state index in [-0.39, 0.29) is 0 Å². The van der Waals surface area contributed by atoms with E-state index in [2.05, 4.69) is 31.5 Å². The maximum atomic E-state index is 4.24. The Morgan fingerprint density at radius 3 is 2.57 bits per heavy atom. The summed E-state index contributed by atoms with van der Waals surface area (Å²) in [5.41, 5.74) is 5.90. The molecular weight excluding hydrogens is 170 g/mol. The zero-order valence-corrected chi connectivity index (χ0v) is 9.39. The van der Waals surface area contributed by atoms with E-state index in [0.717, 1.165) is 11.3 Å². The van der Waals surface area contributed by atoms with Crippen LogP contribution in [-0.2, 0) is 0 Å². The monoisotopic (exact) mass is 187 g/mol. The molecule has 1 nitrogen and oxygen atoms in total. The van der Waals surface area contributed by atoms with Crippen LogP contribution in [0.15, 0.2) is 30.0 Å². The molecule has 0 N–H and O–H groups in total. The molecule has 1 heteroatoms. The van der Waals surface area contributed by atoms with Crippen LogP contribution >= 0.6 is 0 Å². The zero-order chi connectivity index (χ0) is 10.7. The Bertz CT molecular complexity index is 386. The molecule has 1 heterocycles. The number of rotatable bonds is 2. The Kier molecular flexibility index (Phi) is 3.23. The fourth-order valence-corrected chi connectivity index (χ4v) is 1.17. The smallest absolute Gasteiger partial charge is 0.0407 e. The minimum absolute atomic E-state index is 1.09. The van der Waals surface area contributed by atoms with Crippen molar-refractivity contribution >= 4 is 6.08 Å². The first-order valence-corrected chi connectivity index (χ1v) is 4.78. The van der Waals surface area contributed by atoms with Crippen molar-refractivity contribution in [2.75, 3.05) is 0 Å². The van der Waals surface area contributed by atoms with Gasteiger partial charge in [0.2, 0.25) is 0 Å². The SMILES string of the molecule is C=C(C)/C(C)=C/c1ccnc(C)c1C. The normalized spacial score (nSPS) is 11.6. The molecule has 0 aliphatic heterocycles. The van der Waals surface area contributed by atoms with Gasteiger partial charge in [-0.3, -0.25) is 4.98 Å². The second kappa shape index (κ2) is 4.23. The van der Waals surface area contributed by atoms with Crippen LogP contribution in [0.1, 0.15) is 30.7 Å². The van der Waals surface area contributed by atoms with E-state index < -0.39 is 0 Å². The van der Waals surface area contributed by atoms with Gasteiger partial charge >= 0.3 is 0 Å². The molecule has 0 unspecified atom stereocenters. The summed E-state index contributed by atoms with van der Waals surface area (Å²) in [7, 11) is 0. The van der Waals surface area contributed by atoms with Gasteiger partial charge in [-0.2, -0.15) is 0 Å². The summed E-state index contributed by atoms with van der Waals surface area (Å²) < 4.78 is 0. The number of aryl methyl sites for hydroxylation is 1. The van der Waals surface area contributed by atoms with Crippen molar-refractivity contribution in [2.45, 2.75) is 27.7 Å². The molecule has 0 saturated carbocycles. The minimum Gasteiger partial charge on any atom is -0.261 e. The summed E-state index contributed by atoms with van der Waals surface area (Å²) in [6.07, 6.45) is 4.01. The second-order valence-corrected chi connectivity index (χ2v) is 3.72. The van der Waals surface area contributed by atoms with Gasteiger partial charge in [0.25, 0.3) is 0 Å². The standard InChI is InChI=1S/C13H17N/c1-9(2)10(3)8-13-6-7-14-12(5)11(13)4/h6-8H,1H2,2-5H3/b10-8+. The quantitative estimate of drug-likeness (QED) is 0.644. The van der Waals surface area contributed by atoms with E-state index in [0.29, 0.717) is 0 Å². The summed E-state index contributed by atoms with van der Waals surface area (Å²) in [6.45, 7) is 12.2. The molecule has 1 aromatic heterocycles. The molecule has 0 fully saturated rings. The fourth-order valence-electron chi connectivity index (χ4n) is 1.17. The largest absolute Gasteiger partial charge is 0.261 e. The number of hydrogen-bond donors (Lipinski definition) is 0. The van der Waals surface area contributed by atoms with Crippen molar-refractivity contribution in [3.63, 3.8) is 0 Å². The molecule has 0 saturated heterocycles. The topological polar surface area (TPSA) is 12.9 Å². The lowest BCUT2D eigenvalue weighted by atomic mass is 10.0. The maximum absolute atomic E-state index is 4.24. The Hall–Kier alpha value is -1.37. The van der Waals surface area contributed by atoms with Gasteiger partial charge in [0, 0.05) is 11.9 Å². The van der Waals surface area contributed by atoms with Crippen LogP contribution in [0.25, 0.3) is 6.08 Å². The van der Waals surface area contributed by atoms with Crippen LogP contribution in [0.4, 0.5) is 0 Å². The number of nitrogens with zero attached hydrogens (tertiary/aromatic N) is 1. The van der Waals surface area contributed by atoms with Crippen LogP contribution in [0.3, 0.4) is 0 Å². The van der Waals surface area contributed by atoms with Gasteiger partial charge < -0.3 is 0 Å². The van der Waals surface area contributed by atoms with Crippen LogP contribution in [-0.4, -0.2) is 4.98 Å². The molecule has 14 heavy (non-hydrogen) atoms. The zero-order valence-electron chi connectivity index (χ0n) is 9.39. The van der Waals surface area contributed by atoms with Crippen molar-refractivity contribution in [1.29, 1.82) is 0 Å². The van der Waals surface area contributed by atoms with E-state index in [1.807, 2.05) is 26.1 Å². The van der Waals surface area contributed by atoms with Crippen LogP contribution < -0.4 is 0 Å². The third-order valence-electron chi connectivity index (χ3n) is 2.54. The van der Waals surface area contributed by atoms with Crippen LogP contribution in [0, 0.1) is 13.8 Å². The Labute approximate surface area is 86.2 Å². The first-order chi connectivity index (χ1) is 6.52. The highest BCUT2D eigenvalue weighted by molar-refractivity contribution is 5.60. The molecule has 0 bridgehead atoms. The van der Waals surface area contributed by atoms with Gasteiger partial charge in [0.1, 0.15) is 0 Å². The second-order valence-electron chi connectivity index (χ2n) is 3.72. The van der Waals surface area contributed by atoms with Crippen molar-refractivity contribution < 1.29 is 0 Å². The average Bonchev–Trinajstić information content (AvgIpc) is 2.12.